The molecule has 2 heterocycles. The minimum Gasteiger partial charge on any atom is -0.489 e. The second kappa shape index (κ2) is 9.95. The van der Waals surface area contributed by atoms with Gasteiger partial charge in [-0.25, -0.2) is 0 Å². The van der Waals surface area contributed by atoms with E-state index in [0.29, 0.717) is 13.2 Å². The molecule has 4 N–H and O–H groups in total. The van der Waals surface area contributed by atoms with Gasteiger partial charge in [-0.05, 0) is 29.8 Å². The number of benzene rings is 2. The molecule has 0 amide bonds. The van der Waals surface area contributed by atoms with Crippen molar-refractivity contribution in [2.24, 2.45) is 0 Å². The first-order chi connectivity index (χ1) is 15.0. The standard InChI is InChI=1S/C23H30N2O6/c26-20-19(31-23(29)22(28)21(20)27)14-24-10-12-25(13-11-24)17-6-8-18(9-7-17)30-15-16-4-2-1-3-5-16/h1-9,19-23,26-29H,10-15H2/t19-,20+,21+,22-,23?/m1/s1. The third-order valence-electron chi connectivity index (χ3n) is 5.95. The summed E-state index contributed by atoms with van der Waals surface area (Å²) in [5.41, 5.74) is 2.25. The molecule has 2 aliphatic rings. The predicted octanol–water partition coefficient (Wildman–Crippen LogP) is 0.187. The van der Waals surface area contributed by atoms with Crippen LogP contribution in [0.4, 0.5) is 5.69 Å². The van der Waals surface area contributed by atoms with Gasteiger partial charge in [-0.15, -0.1) is 0 Å². The number of nitrogens with zero attached hydrogens (tertiary/aromatic N) is 2. The van der Waals surface area contributed by atoms with Crippen LogP contribution in [0.1, 0.15) is 5.56 Å². The van der Waals surface area contributed by atoms with Crippen LogP contribution < -0.4 is 9.64 Å². The van der Waals surface area contributed by atoms with Crippen LogP contribution >= 0.6 is 0 Å². The fourth-order valence-electron chi connectivity index (χ4n) is 4.02. The molecule has 0 aliphatic carbocycles. The van der Waals surface area contributed by atoms with Gasteiger partial charge in [0.1, 0.15) is 36.8 Å². The number of hydrogen-bond acceptors (Lipinski definition) is 8. The number of rotatable bonds is 6. The third kappa shape index (κ3) is 5.35. The molecule has 8 heteroatoms. The van der Waals surface area contributed by atoms with Gasteiger partial charge in [0, 0.05) is 38.4 Å². The average molecular weight is 431 g/mol. The topological polar surface area (TPSA) is 106 Å². The molecule has 2 aliphatic heterocycles. The Morgan fingerprint density at radius 1 is 0.806 bits per heavy atom. The molecule has 2 aromatic carbocycles. The minimum absolute atomic E-state index is 0.377. The van der Waals surface area contributed by atoms with Crippen LogP contribution in [0.5, 0.6) is 5.75 Å². The lowest BCUT2D eigenvalue weighted by Crippen LogP contribution is -2.61. The maximum Gasteiger partial charge on any atom is 0.184 e. The first-order valence-electron chi connectivity index (χ1n) is 10.6. The molecule has 0 saturated carbocycles. The van der Waals surface area contributed by atoms with E-state index in [1.807, 2.05) is 42.5 Å². The van der Waals surface area contributed by atoms with E-state index in [1.54, 1.807) is 0 Å². The second-order valence-electron chi connectivity index (χ2n) is 8.09. The molecule has 0 aromatic heterocycles. The monoisotopic (exact) mass is 430 g/mol. The number of ether oxygens (including phenoxy) is 2. The number of aliphatic hydroxyl groups is 4. The summed E-state index contributed by atoms with van der Waals surface area (Å²) >= 11 is 0. The van der Waals surface area contributed by atoms with Crippen LogP contribution in [-0.4, -0.2) is 88.8 Å². The van der Waals surface area contributed by atoms with Crippen LogP contribution in [0.2, 0.25) is 0 Å². The normalized spacial score (nSPS) is 29.7. The molecule has 5 atom stereocenters. The first kappa shape index (κ1) is 22.0. The highest BCUT2D eigenvalue weighted by Crippen LogP contribution is 2.24. The Morgan fingerprint density at radius 2 is 1.48 bits per heavy atom. The van der Waals surface area contributed by atoms with Crippen LogP contribution in [-0.2, 0) is 11.3 Å². The summed E-state index contributed by atoms with van der Waals surface area (Å²) in [5, 5.41) is 39.3. The van der Waals surface area contributed by atoms with Gasteiger partial charge in [-0.1, -0.05) is 30.3 Å². The van der Waals surface area contributed by atoms with Gasteiger partial charge in [0.2, 0.25) is 0 Å². The summed E-state index contributed by atoms with van der Waals surface area (Å²) in [7, 11) is 0. The molecule has 8 nitrogen and oxygen atoms in total. The summed E-state index contributed by atoms with van der Waals surface area (Å²) in [6.45, 7) is 4.04. The first-order valence-corrected chi connectivity index (χ1v) is 10.6. The summed E-state index contributed by atoms with van der Waals surface area (Å²) in [6, 6.07) is 18.1. The predicted molar refractivity (Wildman–Crippen MR) is 115 cm³/mol. The summed E-state index contributed by atoms with van der Waals surface area (Å²) < 4.78 is 11.1. The fourth-order valence-corrected chi connectivity index (χ4v) is 4.02. The van der Waals surface area contributed by atoms with E-state index >= 15 is 0 Å². The van der Waals surface area contributed by atoms with E-state index in [9.17, 15) is 20.4 Å². The molecule has 0 bridgehead atoms. The Hall–Kier alpha value is -2.20. The van der Waals surface area contributed by atoms with Crippen molar-refractivity contribution in [2.75, 3.05) is 37.6 Å². The Bertz CT molecular complexity index is 813. The highest BCUT2D eigenvalue weighted by molar-refractivity contribution is 5.49. The number of anilines is 1. The molecule has 4 rings (SSSR count). The van der Waals surface area contributed by atoms with Crippen molar-refractivity contribution in [3.8, 4) is 5.75 Å². The summed E-state index contributed by atoms with van der Waals surface area (Å²) in [6.07, 6.45) is -6.39. The van der Waals surface area contributed by atoms with Crippen LogP contribution in [0.3, 0.4) is 0 Å². The summed E-state index contributed by atoms with van der Waals surface area (Å²) in [5.74, 6) is 0.828. The molecular formula is C23H30N2O6. The quantitative estimate of drug-likeness (QED) is 0.515. The van der Waals surface area contributed by atoms with Crippen LogP contribution in [0.15, 0.2) is 54.6 Å². The molecule has 2 saturated heterocycles. The number of piperazine rings is 1. The van der Waals surface area contributed by atoms with E-state index < -0.39 is 30.7 Å². The smallest absolute Gasteiger partial charge is 0.184 e. The van der Waals surface area contributed by atoms with Crippen molar-refractivity contribution in [1.82, 2.24) is 4.90 Å². The maximum absolute atomic E-state index is 10.1. The van der Waals surface area contributed by atoms with Gasteiger partial charge in [0.05, 0.1) is 0 Å². The highest BCUT2D eigenvalue weighted by Gasteiger charge is 2.43. The van der Waals surface area contributed by atoms with E-state index in [-0.39, 0.29) is 0 Å². The van der Waals surface area contributed by atoms with Crippen molar-refractivity contribution in [1.29, 1.82) is 0 Å². The van der Waals surface area contributed by atoms with Crippen molar-refractivity contribution >= 4 is 5.69 Å². The lowest BCUT2D eigenvalue weighted by Gasteiger charge is -2.42. The zero-order valence-electron chi connectivity index (χ0n) is 17.3. The zero-order chi connectivity index (χ0) is 21.8. The molecule has 2 fully saturated rings. The van der Waals surface area contributed by atoms with E-state index in [4.69, 9.17) is 9.47 Å². The van der Waals surface area contributed by atoms with Gasteiger partial charge in [-0.3, -0.25) is 4.90 Å². The van der Waals surface area contributed by atoms with Gasteiger partial charge < -0.3 is 34.8 Å². The van der Waals surface area contributed by atoms with Crippen LogP contribution in [0.25, 0.3) is 0 Å². The van der Waals surface area contributed by atoms with E-state index in [0.717, 1.165) is 43.2 Å². The molecule has 0 spiro atoms. The minimum atomic E-state index is -1.50. The summed E-state index contributed by atoms with van der Waals surface area (Å²) in [4.78, 5) is 4.40. The van der Waals surface area contributed by atoms with Crippen LogP contribution in [0, 0.1) is 0 Å². The van der Waals surface area contributed by atoms with Gasteiger partial charge >= 0.3 is 0 Å². The average Bonchev–Trinajstić information content (AvgIpc) is 2.81. The largest absolute Gasteiger partial charge is 0.489 e. The van der Waals surface area contributed by atoms with E-state index in [1.165, 1.54) is 0 Å². The fraction of sp³-hybridized carbons (Fsp3) is 0.478. The van der Waals surface area contributed by atoms with E-state index in [2.05, 4.69) is 21.9 Å². The molecular weight excluding hydrogens is 400 g/mol. The number of aliphatic hydroxyl groups excluding tert-OH is 4. The molecule has 168 valence electrons. The molecule has 0 radical (unpaired) electrons. The highest BCUT2D eigenvalue weighted by atomic mass is 16.6. The van der Waals surface area contributed by atoms with Crippen molar-refractivity contribution in [2.45, 2.75) is 37.3 Å². The lowest BCUT2D eigenvalue weighted by atomic mass is 9.98. The number of hydrogen-bond donors (Lipinski definition) is 4. The van der Waals surface area contributed by atoms with Crippen molar-refractivity contribution in [3.05, 3.63) is 60.2 Å². The van der Waals surface area contributed by atoms with Gasteiger partial charge in [0.25, 0.3) is 0 Å². The third-order valence-corrected chi connectivity index (χ3v) is 5.95. The van der Waals surface area contributed by atoms with Gasteiger partial charge in [-0.2, -0.15) is 0 Å². The Kier molecular flexibility index (Phi) is 7.06. The molecule has 2 aromatic rings. The molecule has 31 heavy (non-hydrogen) atoms. The SMILES string of the molecule is OC1O[C@H](CN2CCN(c3ccc(OCc4ccccc4)cc3)CC2)[C@H](O)[C@H](O)[C@H]1O. The van der Waals surface area contributed by atoms with Crippen molar-refractivity contribution < 1.29 is 29.9 Å². The molecule has 1 unspecified atom stereocenters. The zero-order valence-corrected chi connectivity index (χ0v) is 17.3. The second-order valence-corrected chi connectivity index (χ2v) is 8.09. The maximum atomic E-state index is 10.1. The lowest BCUT2D eigenvalue weighted by molar-refractivity contribution is -0.283. The Morgan fingerprint density at radius 3 is 2.16 bits per heavy atom. The van der Waals surface area contributed by atoms with Crippen molar-refractivity contribution in [3.63, 3.8) is 0 Å². The Labute approximate surface area is 181 Å². The van der Waals surface area contributed by atoms with Gasteiger partial charge in [0.15, 0.2) is 6.29 Å². The Balaban J connectivity index is 1.25.